The quantitative estimate of drug-likeness (QED) is 0.435. The van der Waals surface area contributed by atoms with E-state index >= 15 is 0 Å². The van der Waals surface area contributed by atoms with E-state index in [1.54, 1.807) is 36.2 Å². The summed E-state index contributed by atoms with van der Waals surface area (Å²) < 4.78 is 41.8. The minimum absolute atomic E-state index is 0.134. The maximum atomic E-state index is 13.6. The third-order valence-electron chi connectivity index (χ3n) is 4.28. The van der Waals surface area contributed by atoms with Gasteiger partial charge in [-0.1, -0.05) is 0 Å². The Bertz CT molecular complexity index is 1040. The van der Waals surface area contributed by atoms with Crippen molar-refractivity contribution in [2.24, 2.45) is 0 Å². The molecule has 1 aromatic heterocycles. The van der Waals surface area contributed by atoms with Crippen molar-refractivity contribution in [3.8, 4) is 6.07 Å². The average Bonchev–Trinajstić information content (AvgIpc) is 2.72. The Morgan fingerprint density at radius 1 is 0.931 bits per heavy atom. The van der Waals surface area contributed by atoms with E-state index in [4.69, 9.17) is 5.26 Å². The Kier molecular flexibility index (Phi) is 5.93. The molecule has 0 N–H and O–H groups in total. The summed E-state index contributed by atoms with van der Waals surface area (Å²) >= 11 is 2.17. The fraction of sp³-hybridized carbons (Fsp3) is 0.150. The minimum Gasteiger partial charge on any atom is -0.329 e. The molecule has 5 nitrogen and oxygen atoms in total. The van der Waals surface area contributed by atoms with Gasteiger partial charge >= 0.3 is 6.18 Å². The van der Waals surface area contributed by atoms with Gasteiger partial charge in [-0.2, -0.15) is 23.4 Å². The van der Waals surface area contributed by atoms with Crippen molar-refractivity contribution in [3.63, 3.8) is 0 Å². The topological polar surface area (TPSA) is 56.1 Å². The molecule has 3 aromatic rings. The van der Waals surface area contributed by atoms with Gasteiger partial charge in [0.1, 0.15) is 5.56 Å². The van der Waals surface area contributed by atoms with Crippen molar-refractivity contribution in [3.05, 3.63) is 69.4 Å². The summed E-state index contributed by atoms with van der Waals surface area (Å²) in [7, 11) is 3.18. The van der Waals surface area contributed by atoms with Crippen LogP contribution in [0.5, 0.6) is 0 Å². The van der Waals surface area contributed by atoms with Crippen LogP contribution >= 0.6 is 22.6 Å². The standard InChI is InChI=1S/C20H15F3IN5/c1-28(15-7-3-13(11-25)4-8-15)18-17(20(21,22)23)12-26-19(27-18)29(2)16-9-5-14(24)6-10-16/h3-10,12H,1-2H3. The Morgan fingerprint density at radius 2 is 1.48 bits per heavy atom. The molecular weight excluding hydrogens is 494 g/mol. The molecule has 0 spiro atoms. The van der Waals surface area contributed by atoms with E-state index in [2.05, 4.69) is 32.6 Å². The molecule has 0 saturated carbocycles. The number of aromatic nitrogens is 2. The monoisotopic (exact) mass is 509 g/mol. The van der Waals surface area contributed by atoms with Crippen LogP contribution in [-0.2, 0) is 6.18 Å². The fourth-order valence-corrected chi connectivity index (χ4v) is 3.00. The van der Waals surface area contributed by atoms with Gasteiger partial charge in [0.2, 0.25) is 5.95 Å². The Labute approximate surface area is 179 Å². The molecule has 0 bridgehead atoms. The lowest BCUT2D eigenvalue weighted by atomic mass is 10.2. The molecule has 0 atom stereocenters. The molecular formula is C20H15F3IN5. The van der Waals surface area contributed by atoms with Crippen LogP contribution in [-0.4, -0.2) is 24.1 Å². The molecule has 0 aliphatic heterocycles. The van der Waals surface area contributed by atoms with E-state index in [1.807, 2.05) is 30.3 Å². The van der Waals surface area contributed by atoms with Gasteiger partial charge in [-0.25, -0.2) is 4.98 Å². The SMILES string of the molecule is CN(c1ccc(I)cc1)c1ncc(C(F)(F)F)c(N(C)c2ccc(C#N)cc2)n1. The fourth-order valence-electron chi connectivity index (χ4n) is 2.64. The van der Waals surface area contributed by atoms with Crippen LogP contribution in [0.25, 0.3) is 0 Å². The minimum atomic E-state index is -4.61. The first kappa shape index (κ1) is 20.9. The summed E-state index contributed by atoms with van der Waals surface area (Å²) in [6.07, 6.45) is -3.82. The first-order valence-corrected chi connectivity index (χ1v) is 9.46. The zero-order valence-electron chi connectivity index (χ0n) is 15.4. The number of hydrogen-bond donors (Lipinski definition) is 0. The first-order chi connectivity index (χ1) is 13.7. The number of nitrogens with zero attached hydrogens (tertiary/aromatic N) is 5. The van der Waals surface area contributed by atoms with Crippen LogP contribution < -0.4 is 9.80 Å². The molecule has 3 rings (SSSR count). The smallest absolute Gasteiger partial charge is 0.329 e. The molecule has 0 saturated heterocycles. The van der Waals surface area contributed by atoms with Gasteiger partial charge in [0.05, 0.1) is 11.6 Å². The lowest BCUT2D eigenvalue weighted by molar-refractivity contribution is -0.137. The highest BCUT2D eigenvalue weighted by molar-refractivity contribution is 14.1. The average molecular weight is 509 g/mol. The zero-order chi connectivity index (χ0) is 21.2. The molecule has 2 aromatic carbocycles. The van der Waals surface area contributed by atoms with Crippen LogP contribution in [0.2, 0.25) is 0 Å². The van der Waals surface area contributed by atoms with E-state index in [1.165, 1.54) is 11.9 Å². The Balaban J connectivity index is 2.06. The van der Waals surface area contributed by atoms with Crippen molar-refractivity contribution < 1.29 is 13.2 Å². The summed E-state index contributed by atoms with van der Waals surface area (Å²) in [6.45, 7) is 0. The first-order valence-electron chi connectivity index (χ1n) is 8.38. The summed E-state index contributed by atoms with van der Waals surface area (Å²) in [5.74, 6) is -0.140. The maximum Gasteiger partial charge on any atom is 0.421 e. The Hall–Kier alpha value is -2.87. The highest BCUT2D eigenvalue weighted by atomic mass is 127. The summed E-state index contributed by atoms with van der Waals surface area (Å²) in [4.78, 5) is 11.1. The second-order valence-corrected chi connectivity index (χ2v) is 7.40. The largest absolute Gasteiger partial charge is 0.421 e. The molecule has 0 aliphatic rings. The third-order valence-corrected chi connectivity index (χ3v) is 5.00. The van der Waals surface area contributed by atoms with E-state index in [0.29, 0.717) is 11.3 Å². The van der Waals surface area contributed by atoms with Gasteiger partial charge in [0.15, 0.2) is 5.82 Å². The number of benzene rings is 2. The van der Waals surface area contributed by atoms with E-state index in [-0.39, 0.29) is 11.8 Å². The maximum absolute atomic E-state index is 13.6. The van der Waals surface area contributed by atoms with Crippen LogP contribution in [0.15, 0.2) is 54.7 Å². The second kappa shape index (κ2) is 8.24. The summed E-state index contributed by atoms with van der Waals surface area (Å²) in [5.41, 5.74) is 0.692. The van der Waals surface area contributed by atoms with Gasteiger partial charge in [0.25, 0.3) is 0 Å². The summed E-state index contributed by atoms with van der Waals surface area (Å²) in [5, 5.41) is 8.92. The van der Waals surface area contributed by atoms with Crippen LogP contribution in [0.1, 0.15) is 11.1 Å². The Morgan fingerprint density at radius 3 is 2.03 bits per heavy atom. The van der Waals surface area contributed by atoms with Crippen molar-refractivity contribution in [1.29, 1.82) is 5.26 Å². The molecule has 1 heterocycles. The summed E-state index contributed by atoms with van der Waals surface area (Å²) in [6, 6.07) is 15.7. The van der Waals surface area contributed by atoms with Gasteiger partial charge in [-0.3, -0.25) is 0 Å². The van der Waals surface area contributed by atoms with Gasteiger partial charge < -0.3 is 9.80 Å². The number of nitriles is 1. The van der Waals surface area contributed by atoms with E-state index < -0.39 is 11.7 Å². The highest BCUT2D eigenvalue weighted by Crippen LogP contribution is 2.38. The molecule has 0 fully saturated rings. The zero-order valence-corrected chi connectivity index (χ0v) is 17.6. The molecule has 0 aliphatic carbocycles. The number of halogens is 4. The molecule has 0 radical (unpaired) electrons. The van der Waals surface area contributed by atoms with Crippen molar-refractivity contribution in [2.45, 2.75) is 6.18 Å². The number of anilines is 4. The normalized spacial score (nSPS) is 11.1. The molecule has 148 valence electrons. The molecule has 0 amide bonds. The van der Waals surface area contributed by atoms with Crippen molar-refractivity contribution in [1.82, 2.24) is 9.97 Å². The van der Waals surface area contributed by atoms with Crippen LogP contribution in [0.4, 0.5) is 36.3 Å². The highest BCUT2D eigenvalue weighted by Gasteiger charge is 2.37. The molecule has 29 heavy (non-hydrogen) atoms. The van der Waals surface area contributed by atoms with Crippen molar-refractivity contribution in [2.75, 3.05) is 23.9 Å². The molecule has 9 heteroatoms. The van der Waals surface area contributed by atoms with E-state index in [9.17, 15) is 13.2 Å². The predicted octanol–water partition coefficient (Wildman–Crippen LogP) is 5.51. The number of rotatable bonds is 4. The second-order valence-electron chi connectivity index (χ2n) is 6.16. The number of alkyl halides is 3. The predicted molar refractivity (Wildman–Crippen MR) is 113 cm³/mol. The van der Waals surface area contributed by atoms with E-state index in [0.717, 1.165) is 15.5 Å². The molecule has 0 unspecified atom stereocenters. The lowest BCUT2D eigenvalue weighted by Crippen LogP contribution is -2.21. The van der Waals surface area contributed by atoms with Crippen LogP contribution in [0.3, 0.4) is 0 Å². The van der Waals surface area contributed by atoms with Gasteiger partial charge in [0, 0.05) is 35.2 Å². The van der Waals surface area contributed by atoms with Gasteiger partial charge in [-0.05, 0) is 71.1 Å². The van der Waals surface area contributed by atoms with Crippen LogP contribution in [0, 0.1) is 14.9 Å². The van der Waals surface area contributed by atoms with Crippen molar-refractivity contribution >= 4 is 45.7 Å². The third kappa shape index (κ3) is 4.59. The number of hydrogen-bond acceptors (Lipinski definition) is 5. The van der Waals surface area contributed by atoms with Gasteiger partial charge in [-0.15, -0.1) is 0 Å². The lowest BCUT2D eigenvalue weighted by Gasteiger charge is -2.25.